The number of hydrogen-bond donors (Lipinski definition) is 1. The average Bonchev–Trinajstić information content (AvgIpc) is 3.05. The van der Waals surface area contributed by atoms with Crippen LogP contribution in [0.15, 0.2) is 24.3 Å². The fourth-order valence-electron chi connectivity index (χ4n) is 2.35. The molecule has 0 atom stereocenters. The molecule has 1 amide bonds. The van der Waals surface area contributed by atoms with E-state index in [1.165, 1.54) is 11.5 Å². The normalized spacial score (nSPS) is 13.6. The van der Waals surface area contributed by atoms with Gasteiger partial charge < -0.3 is 15.0 Å². The lowest BCUT2D eigenvalue weighted by Crippen LogP contribution is -2.31. The zero-order chi connectivity index (χ0) is 14.7. The predicted molar refractivity (Wildman–Crippen MR) is 81.6 cm³/mol. The summed E-state index contributed by atoms with van der Waals surface area (Å²) in [6.07, 6.45) is 0.493. The molecule has 110 valence electrons. The highest BCUT2D eigenvalue weighted by molar-refractivity contribution is 7.09. The molecule has 21 heavy (non-hydrogen) atoms. The molecular weight excluding hydrogens is 288 g/mol. The number of rotatable bonds is 6. The fraction of sp³-hybridized carbons (Fsp3) is 0.357. The minimum Gasteiger partial charge on any atom is -0.377 e. The van der Waals surface area contributed by atoms with Crippen molar-refractivity contribution < 1.29 is 9.53 Å². The van der Waals surface area contributed by atoms with Gasteiger partial charge in [0.25, 0.3) is 0 Å². The molecule has 0 unspecified atom stereocenters. The maximum absolute atomic E-state index is 12.0. The van der Waals surface area contributed by atoms with Crippen molar-refractivity contribution in [3.05, 3.63) is 35.7 Å². The lowest BCUT2D eigenvalue weighted by molar-refractivity contribution is -0.117. The van der Waals surface area contributed by atoms with Crippen LogP contribution in [0.2, 0.25) is 0 Å². The smallest absolute Gasteiger partial charge is 0.231 e. The molecule has 0 bridgehead atoms. The van der Waals surface area contributed by atoms with Gasteiger partial charge >= 0.3 is 0 Å². The number of anilines is 2. The van der Waals surface area contributed by atoms with Crippen molar-refractivity contribution in [1.82, 2.24) is 9.36 Å². The van der Waals surface area contributed by atoms with E-state index in [4.69, 9.17) is 4.74 Å². The maximum atomic E-state index is 12.0. The molecule has 7 heteroatoms. The molecule has 1 aliphatic heterocycles. The number of aromatic nitrogens is 2. The quantitative estimate of drug-likeness (QED) is 0.879. The van der Waals surface area contributed by atoms with Crippen molar-refractivity contribution in [2.24, 2.45) is 0 Å². The topological polar surface area (TPSA) is 67.3 Å². The molecule has 1 N–H and O–H groups in total. The molecule has 0 saturated heterocycles. The summed E-state index contributed by atoms with van der Waals surface area (Å²) in [6.45, 7) is 1.67. The molecule has 0 saturated carbocycles. The van der Waals surface area contributed by atoms with Crippen LogP contribution in [0.1, 0.15) is 11.4 Å². The van der Waals surface area contributed by atoms with E-state index in [0.717, 1.165) is 16.4 Å². The van der Waals surface area contributed by atoms with Gasteiger partial charge in [-0.05, 0) is 11.6 Å². The highest BCUT2D eigenvalue weighted by Crippen LogP contribution is 2.27. The number of amides is 1. The third-order valence-corrected chi connectivity index (χ3v) is 3.99. The number of ether oxygens (including phenoxy) is 1. The van der Waals surface area contributed by atoms with Gasteiger partial charge in [0.2, 0.25) is 11.0 Å². The molecular formula is C14H16N4O2S. The molecule has 0 aliphatic carbocycles. The Labute approximate surface area is 126 Å². The van der Waals surface area contributed by atoms with E-state index in [0.29, 0.717) is 31.9 Å². The number of nitrogens with zero attached hydrogens (tertiary/aromatic N) is 3. The van der Waals surface area contributed by atoms with Crippen molar-refractivity contribution in [3.8, 4) is 0 Å². The van der Waals surface area contributed by atoms with E-state index >= 15 is 0 Å². The molecule has 1 aliphatic rings. The first-order chi connectivity index (χ1) is 10.3. The summed E-state index contributed by atoms with van der Waals surface area (Å²) in [5.74, 6) is 0.822. The summed E-state index contributed by atoms with van der Waals surface area (Å²) >= 11 is 1.30. The van der Waals surface area contributed by atoms with Gasteiger partial charge in [0.1, 0.15) is 6.61 Å². The molecule has 1 aromatic carbocycles. The number of nitrogens with one attached hydrogen (secondary N) is 1. The Morgan fingerprint density at radius 2 is 2.29 bits per heavy atom. The van der Waals surface area contributed by atoms with E-state index in [1.54, 1.807) is 7.11 Å². The van der Waals surface area contributed by atoms with Crippen LogP contribution in [-0.4, -0.2) is 35.5 Å². The van der Waals surface area contributed by atoms with Gasteiger partial charge in [-0.15, -0.1) is 0 Å². The zero-order valence-electron chi connectivity index (χ0n) is 11.7. The Hall–Kier alpha value is -1.99. The van der Waals surface area contributed by atoms with Gasteiger partial charge in [-0.1, -0.05) is 18.2 Å². The largest absolute Gasteiger partial charge is 0.377 e. The Balaban J connectivity index is 1.57. The molecule has 1 aromatic heterocycles. The maximum Gasteiger partial charge on any atom is 0.231 e. The summed E-state index contributed by atoms with van der Waals surface area (Å²) in [5, 5.41) is 3.95. The van der Waals surface area contributed by atoms with Gasteiger partial charge in [-0.3, -0.25) is 4.79 Å². The Morgan fingerprint density at radius 1 is 1.43 bits per heavy atom. The van der Waals surface area contributed by atoms with Crippen LogP contribution in [-0.2, 0) is 22.6 Å². The Kier molecular flexibility index (Phi) is 4.12. The Bertz CT molecular complexity index is 643. The second-order valence-corrected chi connectivity index (χ2v) is 5.48. The van der Waals surface area contributed by atoms with Crippen LogP contribution < -0.4 is 10.2 Å². The number of benzene rings is 1. The molecule has 0 fully saturated rings. The van der Waals surface area contributed by atoms with E-state index in [9.17, 15) is 4.79 Å². The van der Waals surface area contributed by atoms with Crippen molar-refractivity contribution in [3.63, 3.8) is 0 Å². The van der Waals surface area contributed by atoms with E-state index in [2.05, 4.69) is 14.7 Å². The van der Waals surface area contributed by atoms with Crippen molar-refractivity contribution in [2.75, 3.05) is 30.4 Å². The average molecular weight is 304 g/mol. The number of methoxy groups -OCH3 is 1. The van der Waals surface area contributed by atoms with Gasteiger partial charge in [0.15, 0.2) is 5.82 Å². The summed E-state index contributed by atoms with van der Waals surface area (Å²) in [6, 6.07) is 7.91. The number of fused-ring (bicyclic) bond motifs is 1. The monoisotopic (exact) mass is 304 g/mol. The summed E-state index contributed by atoms with van der Waals surface area (Å²) in [4.78, 5) is 18.1. The summed E-state index contributed by atoms with van der Waals surface area (Å²) in [5.41, 5.74) is 2.11. The lowest BCUT2D eigenvalue weighted by Gasteiger charge is -2.17. The first-order valence-corrected chi connectivity index (χ1v) is 7.49. The van der Waals surface area contributed by atoms with Crippen LogP contribution >= 0.6 is 11.5 Å². The second-order valence-electron chi connectivity index (χ2n) is 4.73. The number of para-hydroxylation sites is 1. The number of carbonyl (C=O) groups excluding carboxylic acids is 1. The standard InChI is InChI=1S/C14H16N4O2S/c1-20-9-12-16-14(21-17-12)15-6-7-18-11-5-3-2-4-10(11)8-13(18)19/h2-5H,6-9H2,1H3,(H,15,16,17). The molecule has 2 heterocycles. The van der Waals surface area contributed by atoms with E-state index < -0.39 is 0 Å². The fourth-order valence-corrected chi connectivity index (χ4v) is 2.95. The van der Waals surface area contributed by atoms with Crippen molar-refractivity contribution in [2.45, 2.75) is 13.0 Å². The minimum atomic E-state index is 0.148. The number of carbonyl (C=O) groups is 1. The predicted octanol–water partition coefficient (Wildman–Crippen LogP) is 1.69. The first-order valence-electron chi connectivity index (χ1n) is 6.71. The van der Waals surface area contributed by atoms with E-state index in [1.807, 2.05) is 29.2 Å². The van der Waals surface area contributed by atoms with Crippen LogP contribution in [0.3, 0.4) is 0 Å². The van der Waals surface area contributed by atoms with Crippen molar-refractivity contribution >= 4 is 28.3 Å². The minimum absolute atomic E-state index is 0.148. The second kappa shape index (κ2) is 6.19. The van der Waals surface area contributed by atoms with Crippen LogP contribution in [0.5, 0.6) is 0 Å². The summed E-state index contributed by atoms with van der Waals surface area (Å²) < 4.78 is 9.15. The Morgan fingerprint density at radius 3 is 3.14 bits per heavy atom. The lowest BCUT2D eigenvalue weighted by atomic mass is 10.2. The highest BCUT2D eigenvalue weighted by atomic mass is 32.1. The molecule has 2 aromatic rings. The van der Waals surface area contributed by atoms with Gasteiger partial charge in [-0.25, -0.2) is 4.98 Å². The van der Waals surface area contributed by atoms with Gasteiger partial charge in [0, 0.05) is 37.4 Å². The SMILES string of the molecule is COCc1nsc(NCCN2C(=O)Cc3ccccc32)n1. The zero-order valence-corrected chi connectivity index (χ0v) is 12.5. The molecule has 6 nitrogen and oxygen atoms in total. The molecule has 3 rings (SSSR count). The van der Waals surface area contributed by atoms with Crippen LogP contribution in [0.25, 0.3) is 0 Å². The first kappa shape index (κ1) is 14.0. The third kappa shape index (κ3) is 3.03. The summed E-state index contributed by atoms with van der Waals surface area (Å²) in [7, 11) is 1.62. The van der Waals surface area contributed by atoms with Gasteiger partial charge in [-0.2, -0.15) is 4.37 Å². The van der Waals surface area contributed by atoms with Gasteiger partial charge in [0.05, 0.1) is 6.42 Å². The number of hydrogen-bond acceptors (Lipinski definition) is 6. The molecule has 0 spiro atoms. The third-order valence-electron chi connectivity index (χ3n) is 3.28. The van der Waals surface area contributed by atoms with Crippen LogP contribution in [0, 0.1) is 0 Å². The highest BCUT2D eigenvalue weighted by Gasteiger charge is 2.25. The molecule has 0 radical (unpaired) electrons. The van der Waals surface area contributed by atoms with Crippen molar-refractivity contribution in [1.29, 1.82) is 0 Å². The van der Waals surface area contributed by atoms with E-state index in [-0.39, 0.29) is 5.91 Å². The van der Waals surface area contributed by atoms with Crippen LogP contribution in [0.4, 0.5) is 10.8 Å².